The summed E-state index contributed by atoms with van der Waals surface area (Å²) in [4.78, 5) is 17.8. The third-order valence-corrected chi connectivity index (χ3v) is 5.54. The Kier molecular flexibility index (Phi) is 3.93. The number of oxazole rings is 1. The molecule has 0 N–H and O–H groups in total. The number of hydrogen-bond donors (Lipinski definition) is 0. The van der Waals surface area contributed by atoms with Crippen LogP contribution in [0.2, 0.25) is 0 Å². The maximum Gasteiger partial charge on any atom is 0.277 e. The standard InChI is InChI=1S/C22H22N4O2/c1-14-7-9-16(10-8-14)21-23-19(15(2)28-21)13-25-11-12-26-20(22(25)27)17-5-3-4-6-18(17)24-26/h7-12H,3-6,13H2,1-2H3. The third kappa shape index (κ3) is 2.76. The molecule has 0 bridgehead atoms. The van der Waals surface area contributed by atoms with Crippen molar-refractivity contribution in [1.82, 2.24) is 19.2 Å². The van der Waals surface area contributed by atoms with Crippen molar-refractivity contribution in [3.8, 4) is 11.5 Å². The molecule has 4 aromatic rings. The van der Waals surface area contributed by atoms with Crippen LogP contribution in [0.25, 0.3) is 17.0 Å². The van der Waals surface area contributed by atoms with Crippen LogP contribution in [-0.2, 0) is 19.4 Å². The lowest BCUT2D eigenvalue weighted by Crippen LogP contribution is -2.23. The predicted molar refractivity (Wildman–Crippen MR) is 107 cm³/mol. The Morgan fingerprint density at radius 3 is 2.68 bits per heavy atom. The van der Waals surface area contributed by atoms with Gasteiger partial charge in [-0.15, -0.1) is 0 Å². The second kappa shape index (κ2) is 6.48. The Balaban J connectivity index is 1.53. The van der Waals surface area contributed by atoms with Crippen LogP contribution in [0.15, 0.2) is 45.9 Å². The van der Waals surface area contributed by atoms with Crippen molar-refractivity contribution in [3.63, 3.8) is 0 Å². The second-order valence-electron chi connectivity index (χ2n) is 7.54. The predicted octanol–water partition coefficient (Wildman–Crippen LogP) is 3.69. The summed E-state index contributed by atoms with van der Waals surface area (Å²) in [5.74, 6) is 1.32. The molecule has 3 aromatic heterocycles. The molecule has 0 saturated carbocycles. The van der Waals surface area contributed by atoms with Crippen LogP contribution in [0.5, 0.6) is 0 Å². The van der Waals surface area contributed by atoms with E-state index < -0.39 is 0 Å². The van der Waals surface area contributed by atoms with Crippen molar-refractivity contribution in [1.29, 1.82) is 0 Å². The molecule has 0 radical (unpaired) electrons. The Labute approximate surface area is 162 Å². The van der Waals surface area contributed by atoms with Crippen molar-refractivity contribution in [2.75, 3.05) is 0 Å². The Morgan fingerprint density at radius 1 is 1.07 bits per heavy atom. The number of nitrogens with zero attached hydrogens (tertiary/aromatic N) is 4. The highest BCUT2D eigenvalue weighted by Crippen LogP contribution is 2.24. The van der Waals surface area contributed by atoms with E-state index in [4.69, 9.17) is 4.42 Å². The average Bonchev–Trinajstić information content (AvgIpc) is 3.25. The highest BCUT2D eigenvalue weighted by molar-refractivity contribution is 5.56. The smallest absolute Gasteiger partial charge is 0.277 e. The topological polar surface area (TPSA) is 65.3 Å². The van der Waals surface area contributed by atoms with Gasteiger partial charge in [0.1, 0.15) is 17.0 Å². The molecule has 0 saturated heterocycles. The summed E-state index contributed by atoms with van der Waals surface area (Å²) in [5, 5.41) is 4.60. The molecule has 142 valence electrons. The van der Waals surface area contributed by atoms with Gasteiger partial charge in [0.2, 0.25) is 5.89 Å². The van der Waals surface area contributed by atoms with Crippen molar-refractivity contribution in [2.45, 2.75) is 46.1 Å². The van der Waals surface area contributed by atoms with Gasteiger partial charge < -0.3 is 8.98 Å². The van der Waals surface area contributed by atoms with Crippen LogP contribution in [0, 0.1) is 13.8 Å². The highest BCUT2D eigenvalue weighted by Gasteiger charge is 2.20. The first-order valence-electron chi connectivity index (χ1n) is 9.73. The van der Waals surface area contributed by atoms with Crippen LogP contribution < -0.4 is 5.56 Å². The molecule has 5 rings (SSSR count). The fourth-order valence-electron chi connectivity index (χ4n) is 3.94. The van der Waals surface area contributed by atoms with Crippen molar-refractivity contribution < 1.29 is 4.42 Å². The maximum absolute atomic E-state index is 13.1. The third-order valence-electron chi connectivity index (χ3n) is 5.54. The van der Waals surface area contributed by atoms with E-state index in [1.54, 1.807) is 15.3 Å². The normalized spacial score (nSPS) is 13.8. The Morgan fingerprint density at radius 2 is 1.86 bits per heavy atom. The summed E-state index contributed by atoms with van der Waals surface area (Å²) in [6.07, 6.45) is 7.80. The van der Waals surface area contributed by atoms with Gasteiger partial charge >= 0.3 is 0 Å². The van der Waals surface area contributed by atoms with Crippen LogP contribution in [-0.4, -0.2) is 19.2 Å². The number of hydrogen-bond acceptors (Lipinski definition) is 4. The molecule has 0 fully saturated rings. The zero-order valence-corrected chi connectivity index (χ0v) is 16.1. The Hall–Kier alpha value is -3.15. The molecule has 0 atom stereocenters. The van der Waals surface area contributed by atoms with Crippen molar-refractivity contribution in [2.24, 2.45) is 0 Å². The molecule has 0 spiro atoms. The molecule has 1 aliphatic rings. The summed E-state index contributed by atoms with van der Waals surface area (Å²) >= 11 is 0. The molecule has 0 aliphatic heterocycles. The fraction of sp³-hybridized carbons (Fsp3) is 0.318. The second-order valence-corrected chi connectivity index (χ2v) is 7.54. The molecular weight excluding hydrogens is 352 g/mol. The first-order valence-corrected chi connectivity index (χ1v) is 9.73. The van der Waals surface area contributed by atoms with Gasteiger partial charge in [0.05, 0.1) is 12.2 Å². The lowest BCUT2D eigenvalue weighted by molar-refractivity contribution is 0.537. The maximum atomic E-state index is 13.1. The van der Waals surface area contributed by atoms with E-state index in [2.05, 4.69) is 10.1 Å². The minimum absolute atomic E-state index is 0.0163. The Bertz CT molecular complexity index is 1230. The molecule has 1 aromatic carbocycles. The van der Waals surface area contributed by atoms with E-state index in [0.29, 0.717) is 18.0 Å². The molecule has 1 aliphatic carbocycles. The number of benzene rings is 1. The van der Waals surface area contributed by atoms with Crippen LogP contribution in [0.4, 0.5) is 0 Å². The fourth-order valence-corrected chi connectivity index (χ4v) is 3.94. The number of rotatable bonds is 3. The summed E-state index contributed by atoms with van der Waals surface area (Å²) in [7, 11) is 0. The summed E-state index contributed by atoms with van der Waals surface area (Å²) in [6, 6.07) is 8.08. The van der Waals surface area contributed by atoms with Crippen molar-refractivity contribution >= 4 is 5.52 Å². The van der Waals surface area contributed by atoms with E-state index in [0.717, 1.165) is 54.0 Å². The molecule has 0 amide bonds. The minimum atomic E-state index is -0.0163. The van der Waals surface area contributed by atoms with Gasteiger partial charge in [0, 0.05) is 23.5 Å². The van der Waals surface area contributed by atoms with E-state index in [9.17, 15) is 4.79 Å². The van der Waals surface area contributed by atoms with E-state index >= 15 is 0 Å². The minimum Gasteiger partial charge on any atom is -0.441 e. The largest absolute Gasteiger partial charge is 0.441 e. The number of fused-ring (bicyclic) bond motifs is 3. The molecule has 6 heteroatoms. The quantitative estimate of drug-likeness (QED) is 0.548. The van der Waals surface area contributed by atoms with Gasteiger partial charge in [-0.1, -0.05) is 17.7 Å². The molecule has 3 heterocycles. The molecule has 28 heavy (non-hydrogen) atoms. The van der Waals surface area contributed by atoms with E-state index in [-0.39, 0.29) is 5.56 Å². The summed E-state index contributed by atoms with van der Waals surface area (Å²) < 4.78 is 9.31. The van der Waals surface area contributed by atoms with E-state index in [1.807, 2.05) is 44.3 Å². The van der Waals surface area contributed by atoms with Gasteiger partial charge in [0.25, 0.3) is 5.56 Å². The molecular formula is C22H22N4O2. The summed E-state index contributed by atoms with van der Waals surface area (Å²) in [5.41, 5.74) is 5.77. The average molecular weight is 374 g/mol. The summed E-state index contributed by atoms with van der Waals surface area (Å²) in [6.45, 7) is 4.33. The lowest BCUT2D eigenvalue weighted by atomic mass is 9.97. The highest BCUT2D eigenvalue weighted by atomic mass is 16.4. The number of aromatic nitrogens is 4. The first kappa shape index (κ1) is 17.0. The molecule has 6 nitrogen and oxygen atoms in total. The van der Waals surface area contributed by atoms with Gasteiger partial charge in [-0.3, -0.25) is 4.79 Å². The van der Waals surface area contributed by atoms with E-state index in [1.165, 1.54) is 5.56 Å². The van der Waals surface area contributed by atoms with Crippen LogP contribution >= 0.6 is 0 Å². The SMILES string of the molecule is Cc1ccc(-c2nc(Cn3ccn4nc5c(c4c3=O)CCCC5)c(C)o2)cc1. The van der Waals surface area contributed by atoms with Gasteiger partial charge in [-0.05, 0) is 51.7 Å². The lowest BCUT2D eigenvalue weighted by Gasteiger charge is -2.09. The monoisotopic (exact) mass is 374 g/mol. The van der Waals surface area contributed by atoms with Crippen molar-refractivity contribution in [3.05, 3.63) is 75.3 Å². The molecule has 0 unspecified atom stereocenters. The van der Waals surface area contributed by atoms with Crippen LogP contribution in [0.1, 0.15) is 41.1 Å². The zero-order valence-electron chi connectivity index (χ0n) is 16.1. The first-order chi connectivity index (χ1) is 13.6. The van der Waals surface area contributed by atoms with Gasteiger partial charge in [-0.25, -0.2) is 9.50 Å². The van der Waals surface area contributed by atoms with Crippen LogP contribution in [0.3, 0.4) is 0 Å². The van der Waals surface area contributed by atoms with Gasteiger partial charge in [0.15, 0.2) is 0 Å². The zero-order chi connectivity index (χ0) is 19.3. The van der Waals surface area contributed by atoms with Gasteiger partial charge in [-0.2, -0.15) is 5.10 Å². The number of aryl methyl sites for hydroxylation is 4.